The summed E-state index contributed by atoms with van der Waals surface area (Å²) in [5.41, 5.74) is 2.64. The van der Waals surface area contributed by atoms with E-state index in [4.69, 9.17) is 9.84 Å². The smallest absolute Gasteiger partial charge is 0.224 e. The number of ether oxygens (including phenoxy) is 1. The topological polar surface area (TPSA) is 84.6 Å². The molecule has 4 aromatic rings. The first-order valence-electron chi connectivity index (χ1n) is 10.6. The van der Waals surface area contributed by atoms with E-state index in [-0.39, 0.29) is 11.9 Å². The summed E-state index contributed by atoms with van der Waals surface area (Å²) < 4.78 is 6.95. The SMILES string of the molecule is COc1ccc(CC(=O)NC2CCN(c3ccc4nnc(-c5ccccc5)n4n3)C2)cc1. The van der Waals surface area contributed by atoms with Gasteiger partial charge in [-0.05, 0) is 36.2 Å². The number of carbonyl (C=O) groups excluding carboxylic acids is 1. The second-order valence-corrected chi connectivity index (χ2v) is 7.88. The molecule has 0 radical (unpaired) electrons. The van der Waals surface area contributed by atoms with Crippen molar-refractivity contribution in [2.24, 2.45) is 0 Å². The summed E-state index contributed by atoms with van der Waals surface area (Å²) >= 11 is 0. The highest BCUT2D eigenvalue weighted by atomic mass is 16.5. The molecule has 1 aliphatic heterocycles. The van der Waals surface area contributed by atoms with E-state index in [9.17, 15) is 4.79 Å². The second kappa shape index (κ2) is 8.66. The zero-order chi connectivity index (χ0) is 21.9. The van der Waals surface area contributed by atoms with Crippen LogP contribution in [0.3, 0.4) is 0 Å². The number of fused-ring (bicyclic) bond motifs is 1. The van der Waals surface area contributed by atoms with Crippen LogP contribution in [-0.2, 0) is 11.2 Å². The van der Waals surface area contributed by atoms with Crippen LogP contribution in [0.4, 0.5) is 5.82 Å². The van der Waals surface area contributed by atoms with Crippen molar-refractivity contribution < 1.29 is 9.53 Å². The van der Waals surface area contributed by atoms with Gasteiger partial charge in [0.2, 0.25) is 5.91 Å². The Labute approximate surface area is 185 Å². The average molecular weight is 428 g/mol. The predicted molar refractivity (Wildman–Crippen MR) is 122 cm³/mol. The molecule has 1 aliphatic rings. The molecule has 8 nitrogen and oxygen atoms in total. The normalized spacial score (nSPS) is 15.8. The highest BCUT2D eigenvalue weighted by molar-refractivity contribution is 5.79. The minimum atomic E-state index is 0.0237. The largest absolute Gasteiger partial charge is 0.497 e. The van der Waals surface area contributed by atoms with Crippen LogP contribution < -0.4 is 15.0 Å². The van der Waals surface area contributed by atoms with Crippen molar-refractivity contribution in [2.45, 2.75) is 18.9 Å². The Kier molecular flexibility index (Phi) is 5.41. The van der Waals surface area contributed by atoms with Gasteiger partial charge in [-0.1, -0.05) is 42.5 Å². The highest BCUT2D eigenvalue weighted by Gasteiger charge is 2.25. The quantitative estimate of drug-likeness (QED) is 0.508. The molecule has 1 amide bonds. The Balaban J connectivity index is 1.25. The Morgan fingerprint density at radius 2 is 1.88 bits per heavy atom. The third-order valence-electron chi connectivity index (χ3n) is 5.68. The summed E-state index contributed by atoms with van der Waals surface area (Å²) in [6, 6.07) is 21.5. The molecule has 0 spiro atoms. The van der Waals surface area contributed by atoms with E-state index in [1.165, 1.54) is 0 Å². The number of hydrogen-bond acceptors (Lipinski definition) is 6. The van der Waals surface area contributed by atoms with Crippen LogP contribution in [0.15, 0.2) is 66.7 Å². The van der Waals surface area contributed by atoms with Crippen molar-refractivity contribution >= 4 is 17.4 Å². The zero-order valence-corrected chi connectivity index (χ0v) is 17.8. The molecule has 162 valence electrons. The Hall–Kier alpha value is -3.94. The molecular weight excluding hydrogens is 404 g/mol. The van der Waals surface area contributed by atoms with E-state index in [2.05, 4.69) is 20.4 Å². The molecule has 2 aromatic carbocycles. The van der Waals surface area contributed by atoms with Gasteiger partial charge in [-0.3, -0.25) is 4.79 Å². The third kappa shape index (κ3) is 4.12. The fourth-order valence-electron chi connectivity index (χ4n) is 4.01. The fraction of sp³-hybridized carbons (Fsp3) is 0.250. The first-order chi connectivity index (χ1) is 15.7. The van der Waals surface area contributed by atoms with Crippen molar-refractivity contribution in [3.63, 3.8) is 0 Å². The number of benzene rings is 2. The number of rotatable bonds is 6. The third-order valence-corrected chi connectivity index (χ3v) is 5.68. The Morgan fingerprint density at radius 3 is 2.66 bits per heavy atom. The fourth-order valence-corrected chi connectivity index (χ4v) is 4.01. The standard InChI is InChI=1S/C24H24N6O2/c1-32-20-9-7-17(8-10-20)15-23(31)25-19-13-14-29(16-19)22-12-11-21-26-27-24(30(21)28-22)18-5-3-2-4-6-18/h2-12,19H,13-16H2,1H3,(H,25,31). The number of amides is 1. The molecule has 1 saturated heterocycles. The van der Waals surface area contributed by atoms with Gasteiger partial charge in [0.05, 0.1) is 13.5 Å². The molecule has 1 fully saturated rings. The zero-order valence-electron chi connectivity index (χ0n) is 17.8. The van der Waals surface area contributed by atoms with E-state index in [1.807, 2.05) is 66.7 Å². The number of methoxy groups -OCH3 is 1. The van der Waals surface area contributed by atoms with Gasteiger partial charge in [0.15, 0.2) is 11.5 Å². The average Bonchev–Trinajstić information content (AvgIpc) is 3.47. The molecule has 0 aliphatic carbocycles. The van der Waals surface area contributed by atoms with Gasteiger partial charge in [0.25, 0.3) is 0 Å². The maximum Gasteiger partial charge on any atom is 0.224 e. The molecule has 2 aromatic heterocycles. The van der Waals surface area contributed by atoms with Gasteiger partial charge < -0.3 is 15.0 Å². The lowest BCUT2D eigenvalue weighted by Gasteiger charge is -2.18. The lowest BCUT2D eigenvalue weighted by Crippen LogP contribution is -2.38. The minimum absolute atomic E-state index is 0.0237. The summed E-state index contributed by atoms with van der Waals surface area (Å²) in [5.74, 6) is 2.37. The van der Waals surface area contributed by atoms with Crippen molar-refractivity contribution in [3.05, 3.63) is 72.3 Å². The van der Waals surface area contributed by atoms with Crippen LogP contribution in [-0.4, -0.2) is 52.0 Å². The highest BCUT2D eigenvalue weighted by Crippen LogP contribution is 2.22. The summed E-state index contributed by atoms with van der Waals surface area (Å²) in [6.45, 7) is 1.55. The number of carbonyl (C=O) groups is 1. The van der Waals surface area contributed by atoms with Gasteiger partial charge in [0.1, 0.15) is 11.6 Å². The van der Waals surface area contributed by atoms with Gasteiger partial charge in [0, 0.05) is 24.7 Å². The molecule has 5 rings (SSSR count). The summed E-state index contributed by atoms with van der Waals surface area (Å²) in [7, 11) is 1.63. The van der Waals surface area contributed by atoms with E-state index >= 15 is 0 Å². The number of aromatic nitrogens is 4. The van der Waals surface area contributed by atoms with Crippen LogP contribution >= 0.6 is 0 Å². The van der Waals surface area contributed by atoms with Crippen molar-refractivity contribution in [1.82, 2.24) is 25.1 Å². The van der Waals surface area contributed by atoms with E-state index in [0.29, 0.717) is 17.9 Å². The molecule has 32 heavy (non-hydrogen) atoms. The van der Waals surface area contributed by atoms with E-state index < -0.39 is 0 Å². The van der Waals surface area contributed by atoms with Gasteiger partial charge in [-0.15, -0.1) is 15.3 Å². The minimum Gasteiger partial charge on any atom is -0.497 e. The van der Waals surface area contributed by atoms with Crippen LogP contribution in [0.2, 0.25) is 0 Å². The summed E-state index contributed by atoms with van der Waals surface area (Å²) in [5, 5.41) is 16.5. The van der Waals surface area contributed by atoms with Crippen LogP contribution in [0.25, 0.3) is 17.0 Å². The predicted octanol–water partition coefficient (Wildman–Crippen LogP) is 2.74. The molecule has 8 heteroatoms. The van der Waals surface area contributed by atoms with Gasteiger partial charge in [-0.2, -0.15) is 4.52 Å². The van der Waals surface area contributed by atoms with E-state index in [1.54, 1.807) is 11.6 Å². The lowest BCUT2D eigenvalue weighted by atomic mass is 10.1. The van der Waals surface area contributed by atoms with Crippen molar-refractivity contribution in [2.75, 3.05) is 25.1 Å². The molecule has 0 saturated carbocycles. The van der Waals surface area contributed by atoms with Gasteiger partial charge in [-0.25, -0.2) is 0 Å². The number of nitrogens with one attached hydrogen (secondary N) is 1. The Bertz CT molecular complexity index is 1220. The number of nitrogens with zero attached hydrogens (tertiary/aromatic N) is 5. The van der Waals surface area contributed by atoms with Crippen molar-refractivity contribution in [1.29, 1.82) is 0 Å². The maximum absolute atomic E-state index is 12.5. The summed E-state index contributed by atoms with van der Waals surface area (Å²) in [6.07, 6.45) is 1.23. The molecule has 1 N–H and O–H groups in total. The van der Waals surface area contributed by atoms with Gasteiger partial charge >= 0.3 is 0 Å². The molecule has 1 unspecified atom stereocenters. The molecular formula is C24H24N6O2. The molecule has 1 atom stereocenters. The number of anilines is 1. The monoisotopic (exact) mass is 428 g/mol. The second-order valence-electron chi connectivity index (χ2n) is 7.88. The molecule has 3 heterocycles. The summed E-state index contributed by atoms with van der Waals surface area (Å²) in [4.78, 5) is 14.7. The van der Waals surface area contributed by atoms with Crippen LogP contribution in [0.5, 0.6) is 5.75 Å². The van der Waals surface area contributed by atoms with Crippen LogP contribution in [0, 0.1) is 0 Å². The maximum atomic E-state index is 12.5. The Morgan fingerprint density at radius 1 is 1.06 bits per heavy atom. The molecule has 0 bridgehead atoms. The first kappa shape index (κ1) is 20.0. The van der Waals surface area contributed by atoms with Crippen molar-refractivity contribution in [3.8, 4) is 17.1 Å². The number of hydrogen-bond donors (Lipinski definition) is 1. The first-order valence-corrected chi connectivity index (χ1v) is 10.6. The lowest BCUT2D eigenvalue weighted by molar-refractivity contribution is -0.121. The van der Waals surface area contributed by atoms with Crippen LogP contribution in [0.1, 0.15) is 12.0 Å². The van der Waals surface area contributed by atoms with E-state index in [0.717, 1.165) is 42.2 Å².